The van der Waals surface area contributed by atoms with Gasteiger partial charge in [0.25, 0.3) is 0 Å². The van der Waals surface area contributed by atoms with Crippen molar-refractivity contribution in [3.63, 3.8) is 0 Å². The lowest BCUT2D eigenvalue weighted by atomic mass is 9.08. The number of aromatic nitrogens is 1. The average Bonchev–Trinajstić information content (AvgIpc) is 3.02. The Balaban J connectivity index is 0.874. The van der Waals surface area contributed by atoms with E-state index in [0.717, 1.165) is 88.3 Å². The van der Waals surface area contributed by atoms with E-state index in [1.54, 1.807) is 11.0 Å². The van der Waals surface area contributed by atoms with Crippen molar-refractivity contribution in [1.82, 2.24) is 9.88 Å². The van der Waals surface area contributed by atoms with Crippen LogP contribution in [-0.4, -0.2) is 27.2 Å². The molecule has 0 aromatic carbocycles. The Hall–Kier alpha value is -1.14. The predicted octanol–water partition coefficient (Wildman–Crippen LogP) is 2.72. The molecule has 2 unspecified atom stereocenters. The maximum Gasteiger partial charge on any atom is 0.240 e. The summed E-state index contributed by atoms with van der Waals surface area (Å²) in [7, 11) is 0. The minimum Gasteiger partial charge on any atom is -0.367 e. The molecule has 2 N–H and O–H groups in total. The highest BCUT2D eigenvalue weighted by atomic mass is 32.1. The SMILES string of the molecule is N=c1sccn1CC(=O)N[C@@]12C3[C@@H]4[C@H]1[C@H]1[C@H](C[C@@H]12)[C@@H]1C[C@]3(O[C@]23CC56[C@@H]7[C@@H](C[C@H]75)[C@H]5C[C@H]2[C@H]5[C@H]63)[C@@H]14. The van der Waals surface area contributed by atoms with Gasteiger partial charge in [-0.05, 0) is 120 Å². The largest absolute Gasteiger partial charge is 0.367 e. The summed E-state index contributed by atoms with van der Waals surface area (Å²) in [5.74, 6) is 14.1. The van der Waals surface area contributed by atoms with Crippen LogP contribution in [0.25, 0.3) is 0 Å². The number of rotatable bonds is 5. The van der Waals surface area contributed by atoms with Gasteiger partial charge in [-0.2, -0.15) is 0 Å². The first-order valence-corrected chi connectivity index (χ1v) is 15.6. The van der Waals surface area contributed by atoms with E-state index in [1.807, 2.05) is 11.6 Å². The van der Waals surface area contributed by atoms with E-state index < -0.39 is 0 Å². The zero-order valence-electron chi connectivity index (χ0n) is 19.7. The number of thiazole rings is 1. The van der Waals surface area contributed by atoms with E-state index in [1.165, 1.54) is 37.0 Å². The van der Waals surface area contributed by atoms with Crippen LogP contribution in [-0.2, 0) is 16.1 Å². The van der Waals surface area contributed by atoms with E-state index in [9.17, 15) is 4.79 Å². The number of hydrogen-bond donors (Lipinski definition) is 2. The fourth-order valence-electron chi connectivity index (χ4n) is 16.3. The van der Waals surface area contributed by atoms with Crippen LogP contribution >= 0.6 is 11.3 Å². The maximum atomic E-state index is 13.4. The van der Waals surface area contributed by atoms with E-state index in [0.29, 0.717) is 17.3 Å². The summed E-state index contributed by atoms with van der Waals surface area (Å²) in [5, 5.41) is 13.7. The van der Waals surface area contributed by atoms with Gasteiger partial charge >= 0.3 is 0 Å². The normalized spacial score (nSPS) is 74.9. The molecule has 6 heteroatoms. The maximum absolute atomic E-state index is 13.4. The van der Waals surface area contributed by atoms with Gasteiger partial charge in [-0.15, -0.1) is 11.3 Å². The van der Waals surface area contributed by atoms with Crippen molar-refractivity contribution in [1.29, 1.82) is 5.41 Å². The molecule has 0 bridgehead atoms. The minimum absolute atomic E-state index is 0.0449. The summed E-state index contributed by atoms with van der Waals surface area (Å²) in [5.41, 5.74) is 1.21. The molecule has 13 rings (SSSR count). The third-order valence-electron chi connectivity index (χ3n) is 16.5. The van der Waals surface area contributed by atoms with Crippen LogP contribution in [0.3, 0.4) is 0 Å². The molecule has 12 saturated carbocycles. The Morgan fingerprint density at radius 1 is 1.00 bits per heavy atom. The Kier molecular flexibility index (Phi) is 2.15. The summed E-state index contributed by atoms with van der Waals surface area (Å²) >= 11 is 1.40. The number of nitrogens with zero attached hydrogens (tertiary/aromatic N) is 1. The second-order valence-corrected chi connectivity index (χ2v) is 16.7. The van der Waals surface area contributed by atoms with Crippen LogP contribution < -0.4 is 10.1 Å². The van der Waals surface area contributed by atoms with Gasteiger partial charge in [0, 0.05) is 17.5 Å². The Morgan fingerprint density at radius 3 is 2.74 bits per heavy atom. The molecule has 1 aromatic heterocycles. The van der Waals surface area contributed by atoms with E-state index in [4.69, 9.17) is 10.1 Å². The van der Waals surface area contributed by atoms with Crippen LogP contribution in [0.1, 0.15) is 32.1 Å². The molecule has 0 saturated heterocycles. The molecule has 5 nitrogen and oxygen atoms in total. The number of nitrogens with one attached hydrogen (secondary N) is 2. The highest BCUT2D eigenvalue weighted by Crippen LogP contribution is 3.01. The fraction of sp³-hybridized carbons (Fsp3) is 0.862. The lowest BCUT2D eigenvalue weighted by Gasteiger charge is -2.99. The molecule has 1 aromatic rings. The molecule has 0 radical (unpaired) electrons. The first-order chi connectivity index (χ1) is 17.1. The van der Waals surface area contributed by atoms with Crippen molar-refractivity contribution in [3.8, 4) is 0 Å². The number of fused-ring (bicyclic) bond motifs is 6. The monoisotopic (exact) mass is 485 g/mol. The van der Waals surface area contributed by atoms with Crippen LogP contribution in [0.15, 0.2) is 11.6 Å². The van der Waals surface area contributed by atoms with Crippen molar-refractivity contribution in [2.24, 2.45) is 94.2 Å². The fourth-order valence-corrected chi connectivity index (χ4v) is 16.9. The molecule has 1 heterocycles. The lowest BCUT2D eigenvalue weighted by Crippen LogP contribution is -3.05. The molecule has 19 atom stereocenters. The van der Waals surface area contributed by atoms with Crippen molar-refractivity contribution in [2.45, 2.75) is 55.4 Å². The number of amides is 1. The number of hydrogen-bond acceptors (Lipinski definition) is 4. The van der Waals surface area contributed by atoms with E-state index in [-0.39, 0.29) is 22.6 Å². The zero-order valence-corrected chi connectivity index (χ0v) is 20.5. The van der Waals surface area contributed by atoms with E-state index >= 15 is 0 Å². The standard InChI is InChI=1S/C29H31N3O2S/c30-25-32(1-2-35-25)7-16(33)31-29-14-4-10-12-6-27(21(12)19(24(27)29)22(29)17(10)14)34-28-8-26-15-5-11(20(15)26)9-3-13(28)18(9)23(26)28/h1-2,9-15,17-24,30H,3-8H2,(H,31,33)/t9-,10-,11+,12+,13+,14+,15-,17+,18+,19+,20-,21+,22-,23-,24?,26?,27+,28-,29-/m1/s1. The first kappa shape index (κ1) is 17.4. The van der Waals surface area contributed by atoms with Gasteiger partial charge in [0.2, 0.25) is 5.91 Å². The highest BCUT2D eigenvalue weighted by Gasteiger charge is 3.02. The Labute approximate surface area is 207 Å². The topological polar surface area (TPSA) is 67.1 Å². The van der Waals surface area contributed by atoms with Crippen LogP contribution in [0, 0.1) is 99.6 Å². The smallest absolute Gasteiger partial charge is 0.240 e. The van der Waals surface area contributed by atoms with Gasteiger partial charge in [-0.1, -0.05) is 0 Å². The molecule has 35 heavy (non-hydrogen) atoms. The van der Waals surface area contributed by atoms with Gasteiger partial charge in [-0.25, -0.2) is 0 Å². The summed E-state index contributed by atoms with van der Waals surface area (Å²) in [6.45, 7) is 0.304. The average molecular weight is 486 g/mol. The minimum atomic E-state index is 0.0449. The predicted molar refractivity (Wildman–Crippen MR) is 123 cm³/mol. The highest BCUT2D eigenvalue weighted by molar-refractivity contribution is 7.06. The van der Waals surface area contributed by atoms with Gasteiger partial charge in [-0.3, -0.25) is 10.2 Å². The number of carbonyl (C=O) groups excluding carboxylic acids is 1. The Bertz CT molecular complexity index is 1430. The van der Waals surface area contributed by atoms with Crippen molar-refractivity contribution in [3.05, 3.63) is 16.4 Å². The van der Waals surface area contributed by atoms with Gasteiger partial charge < -0.3 is 14.6 Å². The molecule has 1 spiro atoms. The second kappa shape index (κ2) is 4.32. The summed E-state index contributed by atoms with van der Waals surface area (Å²) in [6.07, 6.45) is 9.09. The second-order valence-electron chi connectivity index (χ2n) is 15.8. The van der Waals surface area contributed by atoms with Crippen LogP contribution in [0.4, 0.5) is 0 Å². The third-order valence-corrected chi connectivity index (χ3v) is 17.3. The molecule has 12 aliphatic rings. The van der Waals surface area contributed by atoms with Gasteiger partial charge in [0.05, 0.1) is 16.7 Å². The van der Waals surface area contributed by atoms with Crippen LogP contribution in [0.2, 0.25) is 0 Å². The van der Waals surface area contributed by atoms with Crippen LogP contribution in [0.5, 0.6) is 0 Å². The lowest BCUT2D eigenvalue weighted by molar-refractivity contribution is -0.547. The Morgan fingerprint density at radius 2 is 1.86 bits per heavy atom. The molecule has 1 amide bonds. The summed E-state index contributed by atoms with van der Waals surface area (Å²) < 4.78 is 9.54. The quantitative estimate of drug-likeness (QED) is 0.674. The first-order valence-electron chi connectivity index (χ1n) is 14.8. The number of ether oxygens (including phenoxy) is 1. The molecular formula is C29H31N3O2S. The van der Waals surface area contributed by atoms with Crippen molar-refractivity contribution < 1.29 is 9.53 Å². The van der Waals surface area contributed by atoms with E-state index in [2.05, 4.69) is 5.32 Å². The van der Waals surface area contributed by atoms with Gasteiger partial charge in [0.15, 0.2) is 4.80 Å². The number of carbonyl (C=O) groups is 1. The van der Waals surface area contributed by atoms with Crippen molar-refractivity contribution >= 4 is 17.2 Å². The zero-order chi connectivity index (χ0) is 22.2. The molecule has 12 fully saturated rings. The molecule has 180 valence electrons. The molecular weight excluding hydrogens is 454 g/mol. The molecule has 0 aliphatic heterocycles. The third kappa shape index (κ3) is 1.21. The van der Waals surface area contributed by atoms with Crippen molar-refractivity contribution in [2.75, 3.05) is 0 Å². The van der Waals surface area contributed by atoms with Gasteiger partial charge in [0.1, 0.15) is 6.54 Å². The molecule has 12 aliphatic carbocycles. The summed E-state index contributed by atoms with van der Waals surface area (Å²) in [4.78, 5) is 13.8. The summed E-state index contributed by atoms with van der Waals surface area (Å²) in [6, 6.07) is 0.